The zero-order valence-electron chi connectivity index (χ0n) is 13.0. The highest BCUT2D eigenvalue weighted by Gasteiger charge is 2.16. The summed E-state index contributed by atoms with van der Waals surface area (Å²) in [7, 11) is 0. The normalized spacial score (nSPS) is 12.1. The number of hydrogen-bond donors (Lipinski definition) is 0. The van der Waals surface area contributed by atoms with Crippen LogP contribution in [0.3, 0.4) is 0 Å². The molecule has 23 heavy (non-hydrogen) atoms. The molecule has 0 bridgehead atoms. The van der Waals surface area contributed by atoms with Gasteiger partial charge < -0.3 is 0 Å². The molecular formula is C17H15Cl2N3O. The first-order valence-corrected chi connectivity index (χ1v) is 7.64. The summed E-state index contributed by atoms with van der Waals surface area (Å²) in [5, 5.41) is 14.2. The Bertz CT molecular complexity index is 803. The van der Waals surface area contributed by atoms with Crippen molar-refractivity contribution in [1.29, 1.82) is 5.26 Å². The van der Waals surface area contributed by atoms with E-state index in [-0.39, 0.29) is 16.7 Å². The van der Waals surface area contributed by atoms with Crippen molar-refractivity contribution >= 4 is 35.1 Å². The van der Waals surface area contributed by atoms with Crippen LogP contribution >= 0.6 is 23.2 Å². The third-order valence-electron chi connectivity index (χ3n) is 3.09. The zero-order valence-corrected chi connectivity index (χ0v) is 14.5. The molecule has 2 rings (SSSR count). The van der Waals surface area contributed by atoms with Crippen LogP contribution in [0.2, 0.25) is 10.0 Å². The standard InChI is InChI=1S/C17H15Cl2N3O/c1-17(2,3)22-10-11(9-21-22)4-13(8-20)16(23)12-5-14(18)7-15(19)6-12/h4-7,9-10H,1-3H3/b13-4+. The first-order valence-electron chi connectivity index (χ1n) is 6.88. The van der Waals surface area contributed by atoms with Gasteiger partial charge in [0.05, 0.1) is 11.7 Å². The molecule has 0 radical (unpaired) electrons. The third kappa shape index (κ3) is 4.22. The minimum Gasteiger partial charge on any atom is -0.288 e. The number of ketones is 1. The van der Waals surface area contributed by atoms with E-state index in [0.717, 1.165) is 0 Å². The highest BCUT2D eigenvalue weighted by molar-refractivity contribution is 6.35. The fraction of sp³-hybridized carbons (Fsp3) is 0.235. The van der Waals surface area contributed by atoms with Crippen LogP contribution in [0.4, 0.5) is 0 Å². The van der Waals surface area contributed by atoms with Crippen molar-refractivity contribution in [2.75, 3.05) is 0 Å². The Morgan fingerprint density at radius 2 is 1.87 bits per heavy atom. The molecule has 118 valence electrons. The van der Waals surface area contributed by atoms with Gasteiger partial charge in [-0.1, -0.05) is 23.2 Å². The van der Waals surface area contributed by atoms with E-state index in [1.807, 2.05) is 26.8 Å². The van der Waals surface area contributed by atoms with Crippen LogP contribution in [-0.2, 0) is 5.54 Å². The SMILES string of the molecule is CC(C)(C)n1cc(/C=C(\C#N)C(=O)c2cc(Cl)cc(Cl)c2)cn1. The number of Topliss-reactive ketones (excluding diaryl/α,β-unsaturated/α-hetero) is 1. The van der Waals surface area contributed by atoms with E-state index in [4.69, 9.17) is 23.2 Å². The lowest BCUT2D eigenvalue weighted by Crippen LogP contribution is -2.21. The number of aromatic nitrogens is 2. The molecule has 0 N–H and O–H groups in total. The Morgan fingerprint density at radius 3 is 2.35 bits per heavy atom. The van der Waals surface area contributed by atoms with Crippen LogP contribution in [0.5, 0.6) is 0 Å². The van der Waals surface area contributed by atoms with Crippen LogP contribution in [0.25, 0.3) is 6.08 Å². The van der Waals surface area contributed by atoms with Gasteiger partial charge in [0.15, 0.2) is 0 Å². The zero-order chi connectivity index (χ0) is 17.2. The minimum atomic E-state index is -0.430. The summed E-state index contributed by atoms with van der Waals surface area (Å²) in [6.45, 7) is 6.04. The molecule has 0 aliphatic heterocycles. The van der Waals surface area contributed by atoms with Crippen molar-refractivity contribution in [3.05, 3.63) is 57.3 Å². The van der Waals surface area contributed by atoms with Gasteiger partial charge in [-0.25, -0.2) is 0 Å². The van der Waals surface area contributed by atoms with Gasteiger partial charge in [0.1, 0.15) is 11.6 Å². The van der Waals surface area contributed by atoms with Crippen molar-refractivity contribution in [2.24, 2.45) is 0 Å². The van der Waals surface area contributed by atoms with Crippen LogP contribution in [-0.4, -0.2) is 15.6 Å². The number of hydrogen-bond acceptors (Lipinski definition) is 3. The van der Waals surface area contributed by atoms with Gasteiger partial charge in [-0.2, -0.15) is 10.4 Å². The summed E-state index contributed by atoms with van der Waals surface area (Å²) < 4.78 is 1.77. The van der Waals surface area contributed by atoms with Gasteiger partial charge in [0.25, 0.3) is 0 Å². The number of nitrogens with zero attached hydrogens (tertiary/aromatic N) is 3. The number of halogens is 2. The Hall–Kier alpha value is -2.09. The number of nitriles is 1. The topological polar surface area (TPSA) is 58.7 Å². The maximum atomic E-state index is 12.5. The largest absolute Gasteiger partial charge is 0.288 e. The summed E-state index contributed by atoms with van der Waals surface area (Å²) in [5.74, 6) is -0.430. The molecule has 1 aromatic carbocycles. The van der Waals surface area contributed by atoms with Crippen molar-refractivity contribution in [2.45, 2.75) is 26.3 Å². The second kappa shape index (κ2) is 6.57. The first-order chi connectivity index (χ1) is 10.7. The number of benzene rings is 1. The predicted octanol–water partition coefficient (Wildman–Crippen LogP) is 4.73. The molecule has 0 aliphatic carbocycles. The number of rotatable bonds is 3. The van der Waals surface area contributed by atoms with Gasteiger partial charge in [-0.3, -0.25) is 9.48 Å². The lowest BCUT2D eigenvalue weighted by Gasteiger charge is -2.18. The van der Waals surface area contributed by atoms with Gasteiger partial charge in [0, 0.05) is 27.4 Å². The van der Waals surface area contributed by atoms with Gasteiger partial charge in [0.2, 0.25) is 5.78 Å². The van der Waals surface area contributed by atoms with Crippen molar-refractivity contribution in [3.63, 3.8) is 0 Å². The first kappa shape index (κ1) is 17.3. The fourth-order valence-corrected chi connectivity index (χ4v) is 2.46. The molecule has 2 aromatic rings. The quantitative estimate of drug-likeness (QED) is 0.457. The van der Waals surface area contributed by atoms with Crippen LogP contribution in [0.1, 0.15) is 36.7 Å². The summed E-state index contributed by atoms with van der Waals surface area (Å²) >= 11 is 11.8. The molecule has 6 heteroatoms. The molecule has 0 fully saturated rings. The summed E-state index contributed by atoms with van der Waals surface area (Å²) in [5.41, 5.74) is 0.775. The Morgan fingerprint density at radius 1 is 1.26 bits per heavy atom. The van der Waals surface area contributed by atoms with E-state index in [1.54, 1.807) is 17.1 Å². The maximum Gasteiger partial charge on any atom is 0.203 e. The molecule has 0 spiro atoms. The highest BCUT2D eigenvalue weighted by atomic mass is 35.5. The lowest BCUT2D eigenvalue weighted by atomic mass is 10.0. The molecule has 4 nitrogen and oxygen atoms in total. The summed E-state index contributed by atoms with van der Waals surface area (Å²) in [4.78, 5) is 12.5. The molecule has 0 saturated heterocycles. The van der Waals surface area contributed by atoms with Crippen LogP contribution in [0.15, 0.2) is 36.2 Å². The van der Waals surface area contributed by atoms with E-state index in [9.17, 15) is 10.1 Å². The van der Waals surface area contributed by atoms with E-state index >= 15 is 0 Å². The Balaban J connectivity index is 2.37. The summed E-state index contributed by atoms with van der Waals surface area (Å²) in [6, 6.07) is 6.43. The van der Waals surface area contributed by atoms with Crippen LogP contribution in [0, 0.1) is 11.3 Å². The van der Waals surface area contributed by atoms with E-state index in [2.05, 4.69) is 5.10 Å². The second-order valence-corrected chi connectivity index (χ2v) is 6.92. The van der Waals surface area contributed by atoms with Gasteiger partial charge in [-0.15, -0.1) is 0 Å². The molecule has 0 unspecified atom stereocenters. The maximum absolute atomic E-state index is 12.5. The minimum absolute atomic E-state index is 0.00297. The Labute approximate surface area is 144 Å². The van der Waals surface area contributed by atoms with Crippen molar-refractivity contribution in [1.82, 2.24) is 9.78 Å². The highest BCUT2D eigenvalue weighted by Crippen LogP contribution is 2.22. The smallest absolute Gasteiger partial charge is 0.203 e. The third-order valence-corrected chi connectivity index (χ3v) is 3.53. The van der Waals surface area contributed by atoms with Gasteiger partial charge >= 0.3 is 0 Å². The summed E-state index contributed by atoms with van der Waals surface area (Å²) in [6.07, 6.45) is 4.91. The van der Waals surface area contributed by atoms with Gasteiger partial charge in [-0.05, 0) is 45.0 Å². The number of carbonyl (C=O) groups excluding carboxylic acids is 1. The van der Waals surface area contributed by atoms with E-state index < -0.39 is 5.78 Å². The molecule has 0 amide bonds. The second-order valence-electron chi connectivity index (χ2n) is 6.05. The fourth-order valence-electron chi connectivity index (χ4n) is 1.93. The van der Waals surface area contributed by atoms with E-state index in [0.29, 0.717) is 15.6 Å². The molecule has 1 aromatic heterocycles. The molecule has 0 atom stereocenters. The molecule has 0 saturated carbocycles. The monoisotopic (exact) mass is 347 g/mol. The van der Waals surface area contributed by atoms with Crippen molar-refractivity contribution < 1.29 is 4.79 Å². The van der Waals surface area contributed by atoms with E-state index in [1.165, 1.54) is 24.3 Å². The predicted molar refractivity (Wildman–Crippen MR) is 91.6 cm³/mol. The van der Waals surface area contributed by atoms with Crippen molar-refractivity contribution in [3.8, 4) is 6.07 Å². The lowest BCUT2D eigenvalue weighted by molar-refractivity contribution is 0.104. The Kier molecular flexibility index (Phi) is 4.93. The molecule has 1 heterocycles. The average molecular weight is 348 g/mol. The number of allylic oxidation sites excluding steroid dienone is 1. The molecular weight excluding hydrogens is 333 g/mol. The van der Waals surface area contributed by atoms with Crippen LogP contribution < -0.4 is 0 Å². The average Bonchev–Trinajstić information content (AvgIpc) is 2.91. The molecule has 0 aliphatic rings. The number of carbonyl (C=O) groups is 1.